The summed E-state index contributed by atoms with van der Waals surface area (Å²) in [6.07, 6.45) is 10.8. The number of amides is 1. The van der Waals surface area contributed by atoms with Crippen LogP contribution in [-0.2, 0) is 16.1 Å². The van der Waals surface area contributed by atoms with Crippen molar-refractivity contribution in [2.24, 2.45) is 0 Å². The Labute approximate surface area is 262 Å². The van der Waals surface area contributed by atoms with Gasteiger partial charge in [-0.25, -0.2) is 0 Å². The second-order valence-electron chi connectivity index (χ2n) is 10.4. The van der Waals surface area contributed by atoms with Crippen molar-refractivity contribution >= 4 is 17.7 Å². The molecule has 234 valence electrons. The van der Waals surface area contributed by atoms with Crippen LogP contribution in [0.2, 0.25) is 0 Å². The summed E-state index contributed by atoms with van der Waals surface area (Å²) in [5.74, 6) is 2.03. The lowest BCUT2D eigenvalue weighted by molar-refractivity contribution is -0.384. The Morgan fingerprint density at radius 3 is 2.36 bits per heavy atom. The number of hydrogen-bond donors (Lipinski definition) is 0. The van der Waals surface area contributed by atoms with Crippen LogP contribution in [0.5, 0.6) is 11.6 Å². The molecule has 0 aliphatic carbocycles. The SMILES string of the molecule is C=CC1=C(/C=C\C)/C(=C/C=C/c2ccc([N+](=O)[O-])cc2)C(=O)N1Cc1ccc(OCCOCCOc2cc(C(C)C)on2)cc1. The number of ether oxygens (including phenoxy) is 3. The van der Waals surface area contributed by atoms with E-state index in [9.17, 15) is 14.9 Å². The lowest BCUT2D eigenvalue weighted by Crippen LogP contribution is -2.24. The monoisotopic (exact) mass is 611 g/mol. The molecule has 1 aliphatic heterocycles. The highest BCUT2D eigenvalue weighted by Crippen LogP contribution is 2.33. The number of allylic oxidation sites excluding steroid dienone is 5. The number of carbonyl (C=O) groups is 1. The van der Waals surface area contributed by atoms with E-state index in [0.717, 1.165) is 28.2 Å². The molecule has 0 saturated heterocycles. The molecule has 0 N–H and O–H groups in total. The molecule has 10 heteroatoms. The van der Waals surface area contributed by atoms with Gasteiger partial charge in [0.2, 0.25) is 0 Å². The van der Waals surface area contributed by atoms with Crippen molar-refractivity contribution < 1.29 is 28.5 Å². The molecule has 1 aromatic heterocycles. The van der Waals surface area contributed by atoms with Gasteiger partial charge in [0.1, 0.15) is 24.7 Å². The Balaban J connectivity index is 1.29. The van der Waals surface area contributed by atoms with Crippen molar-refractivity contribution in [1.29, 1.82) is 0 Å². The summed E-state index contributed by atoms with van der Waals surface area (Å²) < 4.78 is 22.1. The molecule has 2 heterocycles. The summed E-state index contributed by atoms with van der Waals surface area (Å²) in [6.45, 7) is 11.8. The summed E-state index contributed by atoms with van der Waals surface area (Å²) in [5.41, 5.74) is 3.77. The third-order valence-corrected chi connectivity index (χ3v) is 6.83. The quantitative estimate of drug-likeness (QED) is 0.0724. The smallest absolute Gasteiger partial charge is 0.269 e. The summed E-state index contributed by atoms with van der Waals surface area (Å²) in [4.78, 5) is 25.7. The fourth-order valence-electron chi connectivity index (χ4n) is 4.51. The molecule has 45 heavy (non-hydrogen) atoms. The number of rotatable bonds is 16. The van der Waals surface area contributed by atoms with Crippen molar-refractivity contribution in [3.8, 4) is 11.6 Å². The van der Waals surface area contributed by atoms with Crippen LogP contribution >= 0.6 is 0 Å². The summed E-state index contributed by atoms with van der Waals surface area (Å²) >= 11 is 0. The third kappa shape index (κ3) is 8.90. The van der Waals surface area contributed by atoms with Gasteiger partial charge in [0.25, 0.3) is 17.5 Å². The Morgan fingerprint density at radius 1 is 1.02 bits per heavy atom. The van der Waals surface area contributed by atoms with Crippen molar-refractivity contribution in [3.63, 3.8) is 0 Å². The first kappa shape index (κ1) is 32.7. The average molecular weight is 612 g/mol. The average Bonchev–Trinajstić information content (AvgIpc) is 3.61. The largest absolute Gasteiger partial charge is 0.491 e. The fourth-order valence-corrected chi connectivity index (χ4v) is 4.51. The minimum atomic E-state index is -0.439. The zero-order valence-corrected chi connectivity index (χ0v) is 25.7. The summed E-state index contributed by atoms with van der Waals surface area (Å²) in [6, 6.07) is 15.6. The number of aromatic nitrogens is 1. The highest BCUT2D eigenvalue weighted by molar-refractivity contribution is 6.04. The third-order valence-electron chi connectivity index (χ3n) is 6.83. The Bertz CT molecular complexity index is 1600. The molecule has 0 bridgehead atoms. The van der Waals surface area contributed by atoms with Gasteiger partial charge < -0.3 is 23.6 Å². The van der Waals surface area contributed by atoms with Crippen LogP contribution in [0.25, 0.3) is 6.08 Å². The van der Waals surface area contributed by atoms with Crippen LogP contribution in [-0.4, -0.2) is 47.3 Å². The minimum Gasteiger partial charge on any atom is -0.491 e. The molecular weight excluding hydrogens is 574 g/mol. The number of hydrogen-bond acceptors (Lipinski definition) is 8. The molecule has 2 aromatic carbocycles. The zero-order chi connectivity index (χ0) is 32.2. The van der Waals surface area contributed by atoms with Gasteiger partial charge in [0, 0.05) is 35.3 Å². The van der Waals surface area contributed by atoms with Gasteiger partial charge >= 0.3 is 0 Å². The maximum Gasteiger partial charge on any atom is 0.269 e. The molecule has 0 fully saturated rings. The van der Waals surface area contributed by atoms with Crippen LogP contribution in [0.15, 0.2) is 113 Å². The van der Waals surface area contributed by atoms with Crippen LogP contribution in [0.4, 0.5) is 5.69 Å². The highest BCUT2D eigenvalue weighted by Gasteiger charge is 2.31. The van der Waals surface area contributed by atoms with Crippen LogP contribution in [0.1, 0.15) is 43.6 Å². The normalized spacial score (nSPS) is 14.4. The minimum absolute atomic E-state index is 0.0246. The maximum atomic E-state index is 13.5. The second kappa shape index (κ2) is 16.0. The van der Waals surface area contributed by atoms with Crippen molar-refractivity contribution in [2.75, 3.05) is 26.4 Å². The topological polar surface area (TPSA) is 117 Å². The molecule has 1 aliphatic rings. The molecule has 0 unspecified atom stereocenters. The molecular formula is C35H37N3O7. The summed E-state index contributed by atoms with van der Waals surface area (Å²) in [5, 5.41) is 14.8. The first-order valence-electron chi connectivity index (χ1n) is 14.6. The number of carbonyl (C=O) groups excluding carboxylic acids is 1. The van der Waals surface area contributed by atoms with Crippen LogP contribution < -0.4 is 9.47 Å². The predicted octanol–water partition coefficient (Wildman–Crippen LogP) is 7.18. The number of nitro benzene ring substituents is 1. The van der Waals surface area contributed by atoms with E-state index in [1.54, 1.807) is 47.4 Å². The molecule has 0 atom stereocenters. The zero-order valence-electron chi connectivity index (χ0n) is 25.7. The molecule has 1 amide bonds. The molecule has 3 aromatic rings. The van der Waals surface area contributed by atoms with Crippen LogP contribution in [0, 0.1) is 10.1 Å². The first-order chi connectivity index (χ1) is 21.8. The molecule has 10 nitrogen and oxygen atoms in total. The Kier molecular flexibility index (Phi) is 11.6. The lowest BCUT2D eigenvalue weighted by Gasteiger charge is -2.18. The van der Waals surface area contributed by atoms with E-state index in [-0.39, 0.29) is 17.5 Å². The number of benzene rings is 2. The Hall–Kier alpha value is -5.22. The van der Waals surface area contributed by atoms with Crippen molar-refractivity contribution in [1.82, 2.24) is 10.1 Å². The van der Waals surface area contributed by atoms with Gasteiger partial charge in [0.05, 0.1) is 30.4 Å². The van der Waals surface area contributed by atoms with E-state index in [4.69, 9.17) is 18.7 Å². The van der Waals surface area contributed by atoms with Gasteiger partial charge in [-0.3, -0.25) is 14.9 Å². The van der Waals surface area contributed by atoms with Gasteiger partial charge in [-0.2, -0.15) is 0 Å². The van der Waals surface area contributed by atoms with E-state index < -0.39 is 4.92 Å². The lowest BCUT2D eigenvalue weighted by atomic mass is 10.1. The summed E-state index contributed by atoms with van der Waals surface area (Å²) in [7, 11) is 0. The van der Waals surface area contributed by atoms with E-state index in [1.165, 1.54) is 12.1 Å². The van der Waals surface area contributed by atoms with Crippen molar-refractivity contribution in [3.05, 3.63) is 135 Å². The number of nitro groups is 1. The molecule has 0 spiro atoms. The highest BCUT2D eigenvalue weighted by atomic mass is 16.6. The van der Waals surface area contributed by atoms with Crippen LogP contribution in [0.3, 0.4) is 0 Å². The fraction of sp³-hybridized carbons (Fsp3) is 0.257. The van der Waals surface area contributed by atoms with Crippen molar-refractivity contribution in [2.45, 2.75) is 33.2 Å². The number of nitrogens with zero attached hydrogens (tertiary/aromatic N) is 3. The second-order valence-corrected chi connectivity index (χ2v) is 10.4. The first-order valence-corrected chi connectivity index (χ1v) is 14.6. The predicted molar refractivity (Wildman–Crippen MR) is 172 cm³/mol. The van der Waals surface area contributed by atoms with E-state index in [0.29, 0.717) is 50.2 Å². The standard InChI is InChI=1S/C35H37N3O7/c1-5-8-30-31(10-7-9-26-11-15-28(16-12-26)38(40)41)35(39)37(32(30)6-2)24-27-13-17-29(18-14-27)43-21-19-42-20-22-44-34-23-33(25(3)4)45-36-34/h5-18,23,25H,2,19-22,24H2,1,3-4H3/b8-5-,9-7+,31-10-. The van der Waals surface area contributed by atoms with E-state index in [1.807, 2.05) is 57.2 Å². The molecule has 0 saturated carbocycles. The van der Waals surface area contributed by atoms with Gasteiger partial charge in [-0.05, 0) is 59.6 Å². The van der Waals surface area contributed by atoms with E-state index in [2.05, 4.69) is 11.7 Å². The van der Waals surface area contributed by atoms with E-state index >= 15 is 0 Å². The number of non-ortho nitro benzene ring substituents is 1. The Morgan fingerprint density at radius 2 is 1.73 bits per heavy atom. The van der Waals surface area contributed by atoms with Gasteiger partial charge in [-0.15, -0.1) is 0 Å². The maximum absolute atomic E-state index is 13.5. The van der Waals surface area contributed by atoms with Gasteiger partial charge in [-0.1, -0.05) is 56.9 Å². The van der Waals surface area contributed by atoms with Gasteiger partial charge in [0.15, 0.2) is 0 Å². The molecule has 4 rings (SSSR count). The molecule has 0 radical (unpaired) electrons.